The van der Waals surface area contributed by atoms with Gasteiger partial charge in [0.15, 0.2) is 10.9 Å². The number of carbonyl (C=O) groups excluding carboxylic acids is 2. The van der Waals surface area contributed by atoms with Crippen LogP contribution in [-0.4, -0.2) is 22.7 Å². The molecule has 0 spiro atoms. The van der Waals surface area contributed by atoms with E-state index in [0.29, 0.717) is 25.7 Å². The summed E-state index contributed by atoms with van der Waals surface area (Å²) in [5, 5.41) is 3.34. The zero-order valence-corrected chi connectivity index (χ0v) is 20.0. The molecule has 0 saturated carbocycles. The topological polar surface area (TPSA) is 58.6 Å². The van der Waals surface area contributed by atoms with Crippen molar-refractivity contribution in [3.8, 4) is 5.75 Å². The van der Waals surface area contributed by atoms with Crippen molar-refractivity contribution in [3.63, 3.8) is 0 Å². The van der Waals surface area contributed by atoms with Crippen molar-refractivity contribution in [1.82, 2.24) is 0 Å². The summed E-state index contributed by atoms with van der Waals surface area (Å²) >= 11 is 12.8. The zero-order valence-electron chi connectivity index (χ0n) is 17.6. The number of para-hydroxylation sites is 1. The number of ether oxygens (including phenoxy) is 1. The lowest BCUT2D eigenvalue weighted by molar-refractivity contribution is -0.118. The standard InChI is InChI=1S/C25H19ClN2O3S2/c1-16-10-11-18(14-21(16)26)27-23(29)15-31-20-9-5-6-17(12-20)13-22-24(30)28(25(32)33-22)19-7-3-2-4-8-19/h2-14H,15H2,1H3,(H,27,29)/b22-13-. The van der Waals surface area contributed by atoms with Crippen LogP contribution < -0.4 is 15.0 Å². The molecular formula is C25H19ClN2O3S2. The average Bonchev–Trinajstić information content (AvgIpc) is 3.08. The number of amides is 2. The highest BCUT2D eigenvalue weighted by Gasteiger charge is 2.33. The molecule has 5 nitrogen and oxygen atoms in total. The molecule has 0 aromatic heterocycles. The van der Waals surface area contributed by atoms with Gasteiger partial charge in [0.05, 0.1) is 10.6 Å². The summed E-state index contributed by atoms with van der Waals surface area (Å²) in [6.07, 6.45) is 1.77. The summed E-state index contributed by atoms with van der Waals surface area (Å²) in [6, 6.07) is 21.8. The van der Waals surface area contributed by atoms with Gasteiger partial charge in [0.1, 0.15) is 5.75 Å². The number of nitrogens with one attached hydrogen (secondary N) is 1. The molecule has 1 heterocycles. The lowest BCUT2D eigenvalue weighted by Gasteiger charge is -2.13. The molecular weight excluding hydrogens is 476 g/mol. The fourth-order valence-electron chi connectivity index (χ4n) is 3.13. The molecule has 1 aliphatic rings. The molecule has 3 aromatic rings. The van der Waals surface area contributed by atoms with Crippen LogP contribution in [0.2, 0.25) is 5.02 Å². The first-order valence-corrected chi connectivity index (χ1v) is 11.6. The summed E-state index contributed by atoms with van der Waals surface area (Å²) in [6.45, 7) is 1.73. The molecule has 1 N–H and O–H groups in total. The summed E-state index contributed by atoms with van der Waals surface area (Å²) in [5.41, 5.74) is 3.05. The third-order valence-electron chi connectivity index (χ3n) is 4.79. The average molecular weight is 495 g/mol. The van der Waals surface area contributed by atoms with Gasteiger partial charge in [-0.3, -0.25) is 14.5 Å². The Morgan fingerprint density at radius 2 is 1.91 bits per heavy atom. The second-order valence-electron chi connectivity index (χ2n) is 7.23. The molecule has 0 unspecified atom stereocenters. The van der Waals surface area contributed by atoms with Crippen molar-refractivity contribution in [2.24, 2.45) is 0 Å². The predicted molar refractivity (Wildman–Crippen MR) is 139 cm³/mol. The number of aryl methyl sites for hydroxylation is 1. The lowest BCUT2D eigenvalue weighted by atomic mass is 10.2. The molecule has 0 radical (unpaired) electrons. The third kappa shape index (κ3) is 5.63. The van der Waals surface area contributed by atoms with Crippen LogP contribution in [0.5, 0.6) is 5.75 Å². The molecule has 1 aliphatic heterocycles. The van der Waals surface area contributed by atoms with Gasteiger partial charge >= 0.3 is 0 Å². The Hall–Kier alpha value is -3.13. The second-order valence-corrected chi connectivity index (χ2v) is 9.31. The van der Waals surface area contributed by atoms with E-state index in [2.05, 4.69) is 5.32 Å². The number of benzene rings is 3. The summed E-state index contributed by atoms with van der Waals surface area (Å²) in [5.74, 6) is 0.0436. The van der Waals surface area contributed by atoms with Crippen LogP contribution >= 0.6 is 35.6 Å². The van der Waals surface area contributed by atoms with E-state index in [1.165, 1.54) is 16.7 Å². The number of hydrogen-bond acceptors (Lipinski definition) is 5. The minimum absolute atomic E-state index is 0.162. The van der Waals surface area contributed by atoms with Crippen LogP contribution in [0.3, 0.4) is 0 Å². The van der Waals surface area contributed by atoms with E-state index in [1.54, 1.807) is 36.4 Å². The largest absolute Gasteiger partial charge is 0.484 e. The molecule has 33 heavy (non-hydrogen) atoms. The highest BCUT2D eigenvalue weighted by atomic mass is 35.5. The Morgan fingerprint density at radius 3 is 2.67 bits per heavy atom. The van der Waals surface area contributed by atoms with E-state index in [4.69, 9.17) is 28.6 Å². The second kappa shape index (κ2) is 10.2. The quantitative estimate of drug-likeness (QED) is 0.333. The van der Waals surface area contributed by atoms with E-state index < -0.39 is 0 Å². The van der Waals surface area contributed by atoms with Gasteiger partial charge in [0, 0.05) is 10.7 Å². The molecule has 0 atom stereocenters. The number of carbonyl (C=O) groups is 2. The SMILES string of the molecule is Cc1ccc(NC(=O)COc2cccc(/C=C3\SC(=S)N(c4ccccc4)C3=O)c2)cc1Cl. The van der Waals surface area contributed by atoms with E-state index in [0.717, 1.165) is 16.8 Å². The smallest absolute Gasteiger partial charge is 0.270 e. The van der Waals surface area contributed by atoms with Gasteiger partial charge in [-0.1, -0.05) is 72.0 Å². The minimum atomic E-state index is -0.302. The van der Waals surface area contributed by atoms with Crippen LogP contribution in [0.15, 0.2) is 77.7 Å². The number of thiocarbonyl (C=S) groups is 1. The molecule has 1 saturated heterocycles. The molecule has 8 heteroatoms. The molecule has 3 aromatic carbocycles. The normalized spacial score (nSPS) is 14.6. The molecule has 4 rings (SSSR count). The van der Waals surface area contributed by atoms with Gasteiger partial charge in [0.2, 0.25) is 0 Å². The molecule has 0 aliphatic carbocycles. The van der Waals surface area contributed by atoms with Crippen molar-refractivity contribution in [2.45, 2.75) is 6.92 Å². The van der Waals surface area contributed by atoms with Crippen LogP contribution in [0.4, 0.5) is 11.4 Å². The Morgan fingerprint density at radius 1 is 1.12 bits per heavy atom. The highest BCUT2D eigenvalue weighted by molar-refractivity contribution is 8.27. The van der Waals surface area contributed by atoms with Crippen LogP contribution in [0.25, 0.3) is 6.08 Å². The summed E-state index contributed by atoms with van der Waals surface area (Å²) in [4.78, 5) is 27.2. The Labute approximate surface area is 206 Å². The fourth-order valence-corrected chi connectivity index (χ4v) is 4.61. The summed E-state index contributed by atoms with van der Waals surface area (Å²) < 4.78 is 6.12. The fraction of sp³-hybridized carbons (Fsp3) is 0.0800. The lowest BCUT2D eigenvalue weighted by Crippen LogP contribution is -2.27. The minimum Gasteiger partial charge on any atom is -0.484 e. The Bertz CT molecular complexity index is 1260. The summed E-state index contributed by atoms with van der Waals surface area (Å²) in [7, 11) is 0. The first kappa shape index (κ1) is 23.0. The maximum Gasteiger partial charge on any atom is 0.270 e. The maximum atomic E-state index is 12.9. The van der Waals surface area contributed by atoms with Crippen molar-refractivity contribution in [1.29, 1.82) is 0 Å². The van der Waals surface area contributed by atoms with Gasteiger partial charge < -0.3 is 10.1 Å². The number of hydrogen-bond donors (Lipinski definition) is 1. The van der Waals surface area contributed by atoms with Crippen LogP contribution in [0, 0.1) is 6.92 Å². The zero-order chi connectivity index (χ0) is 23.4. The number of halogens is 1. The van der Waals surface area contributed by atoms with Crippen molar-refractivity contribution in [2.75, 3.05) is 16.8 Å². The van der Waals surface area contributed by atoms with Crippen molar-refractivity contribution in [3.05, 3.63) is 93.9 Å². The van der Waals surface area contributed by atoms with Crippen molar-refractivity contribution < 1.29 is 14.3 Å². The van der Waals surface area contributed by atoms with E-state index in [9.17, 15) is 9.59 Å². The van der Waals surface area contributed by atoms with Crippen molar-refractivity contribution >= 4 is 69.2 Å². The third-order valence-corrected chi connectivity index (χ3v) is 6.50. The van der Waals surface area contributed by atoms with Crippen LogP contribution in [0.1, 0.15) is 11.1 Å². The first-order valence-electron chi connectivity index (χ1n) is 10.0. The van der Waals surface area contributed by atoms with E-state index in [-0.39, 0.29) is 18.4 Å². The monoisotopic (exact) mass is 494 g/mol. The number of rotatable bonds is 6. The van der Waals surface area contributed by atoms with Gasteiger partial charge in [-0.25, -0.2) is 0 Å². The number of thioether (sulfide) groups is 1. The van der Waals surface area contributed by atoms with Crippen LogP contribution in [-0.2, 0) is 9.59 Å². The molecule has 2 amide bonds. The number of nitrogens with zero attached hydrogens (tertiary/aromatic N) is 1. The number of anilines is 2. The first-order chi connectivity index (χ1) is 15.9. The Balaban J connectivity index is 1.41. The predicted octanol–water partition coefficient (Wildman–Crippen LogP) is 6.07. The molecule has 0 bridgehead atoms. The van der Waals surface area contributed by atoms with Gasteiger partial charge in [-0.15, -0.1) is 0 Å². The van der Waals surface area contributed by atoms with Gasteiger partial charge in [0.25, 0.3) is 11.8 Å². The molecule has 166 valence electrons. The van der Waals surface area contributed by atoms with Gasteiger partial charge in [-0.2, -0.15) is 0 Å². The highest BCUT2D eigenvalue weighted by Crippen LogP contribution is 2.36. The molecule has 1 fully saturated rings. The Kier molecular flexibility index (Phi) is 7.13. The van der Waals surface area contributed by atoms with E-state index in [1.807, 2.05) is 49.4 Å². The maximum absolute atomic E-state index is 12.9. The van der Waals surface area contributed by atoms with E-state index >= 15 is 0 Å². The van der Waals surface area contributed by atoms with Gasteiger partial charge in [-0.05, 0) is 60.5 Å².